The first-order valence-corrected chi connectivity index (χ1v) is 7.24. The molecule has 2 rings (SSSR count). The van der Waals surface area contributed by atoms with Gasteiger partial charge in [0.25, 0.3) is 5.91 Å². The van der Waals surface area contributed by atoms with Gasteiger partial charge in [0.1, 0.15) is 5.75 Å². The molecule has 0 N–H and O–H groups in total. The van der Waals surface area contributed by atoms with E-state index in [1.807, 2.05) is 37.8 Å². The molecule has 1 aliphatic rings. The minimum Gasteiger partial charge on any atom is -0.494 e. The lowest BCUT2D eigenvalue weighted by molar-refractivity contribution is 0.0663. The van der Waals surface area contributed by atoms with E-state index in [-0.39, 0.29) is 5.91 Å². The van der Waals surface area contributed by atoms with Crippen LogP contribution in [0, 0.1) is 13.8 Å². The van der Waals surface area contributed by atoms with E-state index in [2.05, 4.69) is 11.9 Å². The molecule has 110 valence electrons. The highest BCUT2D eigenvalue weighted by Crippen LogP contribution is 2.24. The van der Waals surface area contributed by atoms with Gasteiger partial charge in [-0.2, -0.15) is 0 Å². The van der Waals surface area contributed by atoms with Crippen LogP contribution in [0.25, 0.3) is 0 Å². The van der Waals surface area contributed by atoms with Gasteiger partial charge in [-0.15, -0.1) is 0 Å². The third-order valence-electron chi connectivity index (χ3n) is 3.84. The van der Waals surface area contributed by atoms with Crippen LogP contribution in [-0.2, 0) is 0 Å². The van der Waals surface area contributed by atoms with Crippen LogP contribution in [0.1, 0.15) is 28.4 Å². The van der Waals surface area contributed by atoms with Crippen LogP contribution in [0.2, 0.25) is 0 Å². The van der Waals surface area contributed by atoms with Gasteiger partial charge < -0.3 is 14.5 Å². The molecule has 1 saturated heterocycles. The lowest BCUT2D eigenvalue weighted by Crippen LogP contribution is -2.47. The fourth-order valence-electron chi connectivity index (χ4n) is 2.51. The van der Waals surface area contributed by atoms with Gasteiger partial charge in [0.2, 0.25) is 0 Å². The maximum absolute atomic E-state index is 12.6. The maximum Gasteiger partial charge on any atom is 0.254 e. The summed E-state index contributed by atoms with van der Waals surface area (Å²) in [5, 5.41) is 0. The van der Waals surface area contributed by atoms with Crippen molar-refractivity contribution in [3.8, 4) is 5.75 Å². The minimum absolute atomic E-state index is 0.141. The number of amides is 1. The molecule has 0 bridgehead atoms. The number of ether oxygens (including phenoxy) is 1. The van der Waals surface area contributed by atoms with E-state index in [1.165, 1.54) is 0 Å². The predicted octanol–water partition coefficient (Wildman–Crippen LogP) is 2.09. The van der Waals surface area contributed by atoms with Gasteiger partial charge in [-0.3, -0.25) is 4.79 Å². The van der Waals surface area contributed by atoms with E-state index >= 15 is 0 Å². The summed E-state index contributed by atoms with van der Waals surface area (Å²) < 4.78 is 5.58. The summed E-state index contributed by atoms with van der Waals surface area (Å²) in [5.74, 6) is 1.02. The number of rotatable bonds is 3. The Kier molecular flexibility index (Phi) is 4.65. The highest BCUT2D eigenvalue weighted by atomic mass is 16.5. The molecule has 1 amide bonds. The largest absolute Gasteiger partial charge is 0.494 e. The van der Waals surface area contributed by atoms with E-state index in [0.717, 1.165) is 48.6 Å². The second-order valence-corrected chi connectivity index (χ2v) is 5.46. The summed E-state index contributed by atoms with van der Waals surface area (Å²) >= 11 is 0. The van der Waals surface area contributed by atoms with Crippen LogP contribution in [0.4, 0.5) is 0 Å². The van der Waals surface area contributed by atoms with E-state index < -0.39 is 0 Å². The molecule has 0 unspecified atom stereocenters. The van der Waals surface area contributed by atoms with Gasteiger partial charge >= 0.3 is 0 Å². The molecule has 1 aliphatic heterocycles. The zero-order chi connectivity index (χ0) is 14.7. The molecule has 0 aromatic heterocycles. The van der Waals surface area contributed by atoms with Crippen LogP contribution in [0.5, 0.6) is 5.75 Å². The first-order chi connectivity index (χ1) is 9.52. The molecule has 4 heteroatoms. The molecule has 20 heavy (non-hydrogen) atoms. The molecule has 0 radical (unpaired) electrons. The second-order valence-electron chi connectivity index (χ2n) is 5.46. The number of carbonyl (C=O) groups excluding carboxylic acids is 1. The van der Waals surface area contributed by atoms with Gasteiger partial charge in [-0.25, -0.2) is 0 Å². The van der Waals surface area contributed by atoms with E-state index in [9.17, 15) is 4.79 Å². The van der Waals surface area contributed by atoms with Crippen LogP contribution in [-0.4, -0.2) is 55.5 Å². The highest BCUT2D eigenvalue weighted by Gasteiger charge is 2.22. The van der Waals surface area contributed by atoms with Crippen molar-refractivity contribution in [3.05, 3.63) is 28.8 Å². The Bertz CT molecular complexity index is 491. The monoisotopic (exact) mass is 276 g/mol. The van der Waals surface area contributed by atoms with Crippen molar-refractivity contribution in [2.45, 2.75) is 20.8 Å². The molecule has 4 nitrogen and oxygen atoms in total. The maximum atomic E-state index is 12.6. The third-order valence-corrected chi connectivity index (χ3v) is 3.84. The number of piperazine rings is 1. The van der Waals surface area contributed by atoms with Crippen molar-refractivity contribution in [2.24, 2.45) is 0 Å². The zero-order valence-electron chi connectivity index (χ0n) is 12.9. The normalized spacial score (nSPS) is 16.3. The molecule has 1 aromatic carbocycles. The average molecular weight is 276 g/mol. The molecule has 1 fully saturated rings. The summed E-state index contributed by atoms with van der Waals surface area (Å²) in [4.78, 5) is 16.8. The molecule has 1 aromatic rings. The Hall–Kier alpha value is -1.55. The smallest absolute Gasteiger partial charge is 0.254 e. The molecular formula is C16H24N2O2. The Balaban J connectivity index is 2.19. The molecule has 0 saturated carbocycles. The van der Waals surface area contributed by atoms with Gasteiger partial charge in [0, 0.05) is 31.7 Å². The van der Waals surface area contributed by atoms with E-state index in [1.54, 1.807) is 0 Å². The number of likely N-dealkylation sites (N-methyl/N-ethyl adjacent to an activating group) is 1. The molecular weight excluding hydrogens is 252 g/mol. The van der Waals surface area contributed by atoms with Crippen molar-refractivity contribution in [3.63, 3.8) is 0 Å². The number of benzene rings is 1. The third kappa shape index (κ3) is 3.12. The predicted molar refractivity (Wildman–Crippen MR) is 80.5 cm³/mol. The summed E-state index contributed by atoms with van der Waals surface area (Å²) in [6, 6.07) is 3.93. The van der Waals surface area contributed by atoms with E-state index in [0.29, 0.717) is 6.61 Å². The molecule has 1 heterocycles. The SMILES string of the molecule is CCOc1cc(C)c(C(=O)N2CCN(C)CC2)cc1C. The zero-order valence-corrected chi connectivity index (χ0v) is 12.9. The lowest BCUT2D eigenvalue weighted by Gasteiger charge is -2.32. The van der Waals surface area contributed by atoms with Gasteiger partial charge in [0.05, 0.1) is 6.61 Å². The van der Waals surface area contributed by atoms with Crippen LogP contribution in [0.3, 0.4) is 0 Å². The number of carbonyl (C=O) groups is 1. The molecule has 0 spiro atoms. The van der Waals surface area contributed by atoms with Crippen molar-refractivity contribution in [1.29, 1.82) is 0 Å². The van der Waals surface area contributed by atoms with Crippen molar-refractivity contribution in [1.82, 2.24) is 9.80 Å². The minimum atomic E-state index is 0.141. The molecule has 0 aliphatic carbocycles. The first-order valence-electron chi connectivity index (χ1n) is 7.24. The fraction of sp³-hybridized carbons (Fsp3) is 0.562. The van der Waals surface area contributed by atoms with Gasteiger partial charge in [-0.05, 0) is 51.1 Å². The Labute approximate surface area is 121 Å². The van der Waals surface area contributed by atoms with E-state index in [4.69, 9.17) is 4.74 Å². The quantitative estimate of drug-likeness (QED) is 0.847. The fourth-order valence-corrected chi connectivity index (χ4v) is 2.51. The Morgan fingerprint density at radius 2 is 1.80 bits per heavy atom. The van der Waals surface area contributed by atoms with Crippen LogP contribution < -0.4 is 4.74 Å². The summed E-state index contributed by atoms with van der Waals surface area (Å²) in [5.41, 5.74) is 2.81. The number of nitrogens with zero attached hydrogens (tertiary/aromatic N) is 2. The highest BCUT2D eigenvalue weighted by molar-refractivity contribution is 5.96. The standard InChI is InChI=1S/C16H24N2O2/c1-5-20-15-11-12(2)14(10-13(15)3)16(19)18-8-6-17(4)7-9-18/h10-11H,5-9H2,1-4H3. The van der Waals surface area contributed by atoms with Gasteiger partial charge in [-0.1, -0.05) is 0 Å². The summed E-state index contributed by atoms with van der Waals surface area (Å²) in [6.45, 7) is 10.1. The van der Waals surface area contributed by atoms with Crippen LogP contribution in [0.15, 0.2) is 12.1 Å². The first kappa shape index (κ1) is 14.9. The summed E-state index contributed by atoms with van der Waals surface area (Å²) in [7, 11) is 2.09. The number of aryl methyl sites for hydroxylation is 2. The van der Waals surface area contributed by atoms with Crippen molar-refractivity contribution in [2.75, 3.05) is 39.8 Å². The van der Waals surface area contributed by atoms with Crippen molar-refractivity contribution < 1.29 is 9.53 Å². The average Bonchev–Trinajstić information content (AvgIpc) is 2.43. The Morgan fingerprint density at radius 3 is 2.40 bits per heavy atom. The second kappa shape index (κ2) is 6.27. The van der Waals surface area contributed by atoms with Crippen molar-refractivity contribution >= 4 is 5.91 Å². The topological polar surface area (TPSA) is 32.8 Å². The lowest BCUT2D eigenvalue weighted by atomic mass is 10.0. The molecule has 0 atom stereocenters. The number of hydrogen-bond donors (Lipinski definition) is 0. The summed E-state index contributed by atoms with van der Waals surface area (Å²) in [6.07, 6.45) is 0. The Morgan fingerprint density at radius 1 is 1.15 bits per heavy atom. The van der Waals surface area contributed by atoms with Gasteiger partial charge in [0.15, 0.2) is 0 Å². The van der Waals surface area contributed by atoms with Crippen LogP contribution >= 0.6 is 0 Å². The number of hydrogen-bond acceptors (Lipinski definition) is 3.